The molecular weight excluding hydrogens is 440 g/mol. The van der Waals surface area contributed by atoms with Gasteiger partial charge in [-0.05, 0) is 30.2 Å². The van der Waals surface area contributed by atoms with Crippen LogP contribution in [0.25, 0.3) is 0 Å². The van der Waals surface area contributed by atoms with Gasteiger partial charge in [0.2, 0.25) is 0 Å². The van der Waals surface area contributed by atoms with E-state index in [9.17, 15) is 9.90 Å². The van der Waals surface area contributed by atoms with Crippen molar-refractivity contribution in [2.24, 2.45) is 4.99 Å². The minimum Gasteiger partial charge on any atom is -0.871 e. The van der Waals surface area contributed by atoms with Crippen LogP contribution in [0.3, 0.4) is 0 Å². The zero-order chi connectivity index (χ0) is 18.8. The highest BCUT2D eigenvalue weighted by Gasteiger charge is 2.29. The van der Waals surface area contributed by atoms with Crippen molar-refractivity contribution < 1.29 is 19.5 Å². The van der Waals surface area contributed by atoms with E-state index in [-0.39, 0.29) is 11.7 Å². The molecule has 2 heterocycles. The number of hydrogen-bond acceptors (Lipinski definition) is 5. The van der Waals surface area contributed by atoms with Crippen LogP contribution in [-0.2, 0) is 17.7 Å². The number of rotatable bonds is 4. The Morgan fingerprint density at radius 3 is 3.04 bits per heavy atom. The van der Waals surface area contributed by atoms with Gasteiger partial charge in [-0.1, -0.05) is 33.3 Å². The van der Waals surface area contributed by atoms with E-state index >= 15 is 0 Å². The van der Waals surface area contributed by atoms with Crippen molar-refractivity contribution in [1.29, 1.82) is 0 Å². The summed E-state index contributed by atoms with van der Waals surface area (Å²) >= 11 is 10.7. The maximum absolute atomic E-state index is 12.5. The Morgan fingerprint density at radius 2 is 2.31 bits per heavy atom. The largest absolute Gasteiger partial charge is 0.871 e. The van der Waals surface area contributed by atoms with E-state index in [1.807, 2.05) is 0 Å². The number of quaternary nitrogens is 1. The van der Waals surface area contributed by atoms with Gasteiger partial charge in [-0.15, -0.1) is 11.3 Å². The molecule has 0 saturated heterocycles. The smallest absolute Gasteiger partial charge is 0.341 e. The van der Waals surface area contributed by atoms with E-state index in [0.717, 1.165) is 30.0 Å². The minimum atomic E-state index is -0.355. The van der Waals surface area contributed by atoms with E-state index in [1.54, 1.807) is 19.1 Å². The third-order valence-electron chi connectivity index (χ3n) is 4.17. The van der Waals surface area contributed by atoms with E-state index in [0.29, 0.717) is 32.2 Å². The van der Waals surface area contributed by atoms with Crippen LogP contribution in [0.5, 0.6) is 5.75 Å². The molecule has 138 valence electrons. The average Bonchev–Trinajstić information content (AvgIpc) is 2.94. The third kappa shape index (κ3) is 3.96. The molecule has 1 aliphatic heterocycles. The molecule has 5 nitrogen and oxygen atoms in total. The number of carbonyl (C=O) groups excluding carboxylic acids is 1. The minimum absolute atomic E-state index is 0.193. The van der Waals surface area contributed by atoms with Gasteiger partial charge in [0, 0.05) is 22.1 Å². The third-order valence-corrected chi connectivity index (χ3v) is 6.12. The second-order valence-corrected chi connectivity index (χ2v) is 8.48. The molecule has 1 atom stereocenters. The van der Waals surface area contributed by atoms with Crippen molar-refractivity contribution in [3.8, 4) is 5.75 Å². The fourth-order valence-electron chi connectivity index (χ4n) is 2.91. The monoisotopic (exact) mass is 456 g/mol. The lowest BCUT2D eigenvalue weighted by molar-refractivity contribution is -0.895. The Morgan fingerprint density at radius 1 is 1.54 bits per heavy atom. The summed E-state index contributed by atoms with van der Waals surface area (Å²) in [5.74, 6) is -0.548. The van der Waals surface area contributed by atoms with Gasteiger partial charge in [-0.2, -0.15) is 0 Å². The van der Waals surface area contributed by atoms with Gasteiger partial charge in [0.1, 0.15) is 17.1 Å². The van der Waals surface area contributed by atoms with Crippen LogP contribution >= 0.6 is 38.9 Å². The number of thiophene rings is 1. The summed E-state index contributed by atoms with van der Waals surface area (Å²) in [7, 11) is 2.13. The van der Waals surface area contributed by atoms with Gasteiger partial charge < -0.3 is 14.7 Å². The standard InChI is InChI=1S/C18H18BrClN2O3S/c1-3-25-18(24)15-12-4-5-22(2)9-14(12)26-17(15)21-8-10-6-11(20)7-13(19)16(10)23/h6-8,23H,3-5,9H2,1-2H3. The highest BCUT2D eigenvalue weighted by molar-refractivity contribution is 9.10. The number of likely N-dealkylation sites (N-methyl/N-ethyl adjacent to an activating group) is 1. The number of halogens is 2. The topological polar surface area (TPSA) is 66.2 Å². The van der Waals surface area contributed by atoms with Crippen molar-refractivity contribution in [3.63, 3.8) is 0 Å². The highest BCUT2D eigenvalue weighted by Crippen LogP contribution is 2.38. The number of nitrogens with zero attached hydrogens (tertiary/aromatic N) is 1. The number of hydrogen-bond donors (Lipinski definition) is 1. The fourth-order valence-corrected chi connectivity index (χ4v) is 5.04. The first-order valence-electron chi connectivity index (χ1n) is 8.23. The van der Waals surface area contributed by atoms with Crippen molar-refractivity contribution in [3.05, 3.63) is 43.2 Å². The first kappa shape index (κ1) is 19.4. The molecule has 26 heavy (non-hydrogen) atoms. The SMILES string of the molecule is CCOC(=O)c1c(N=Cc2cc(Cl)cc(Br)c2[O-])sc2c1CC[NH+](C)C2. The normalized spacial score (nSPS) is 16.7. The molecule has 8 heteroatoms. The number of aliphatic imine (C=N–C) groups is 1. The van der Waals surface area contributed by atoms with Gasteiger partial charge in [-0.3, -0.25) is 0 Å². The zero-order valence-electron chi connectivity index (χ0n) is 14.4. The van der Waals surface area contributed by atoms with Crippen LogP contribution in [-0.4, -0.2) is 32.4 Å². The predicted molar refractivity (Wildman–Crippen MR) is 105 cm³/mol. The Kier molecular flexibility index (Phi) is 6.02. The predicted octanol–water partition coefficient (Wildman–Crippen LogP) is 2.74. The van der Waals surface area contributed by atoms with Crippen LogP contribution in [0, 0.1) is 0 Å². The molecule has 1 aliphatic rings. The Bertz CT molecular complexity index is 882. The average molecular weight is 458 g/mol. The molecule has 0 amide bonds. The lowest BCUT2D eigenvalue weighted by Gasteiger charge is -2.19. The van der Waals surface area contributed by atoms with Gasteiger partial charge in [0.15, 0.2) is 0 Å². The molecule has 0 aliphatic carbocycles. The van der Waals surface area contributed by atoms with E-state index in [2.05, 4.69) is 28.0 Å². The summed E-state index contributed by atoms with van der Waals surface area (Å²) in [6.07, 6.45) is 2.28. The molecule has 0 spiro atoms. The summed E-state index contributed by atoms with van der Waals surface area (Å²) in [6, 6.07) is 3.11. The number of nitrogens with one attached hydrogen (secondary N) is 1. The summed E-state index contributed by atoms with van der Waals surface area (Å²) < 4.78 is 5.61. The summed E-state index contributed by atoms with van der Waals surface area (Å²) in [4.78, 5) is 19.5. The summed E-state index contributed by atoms with van der Waals surface area (Å²) in [5.41, 5.74) is 1.93. The molecule has 1 aromatic heterocycles. The Balaban J connectivity index is 2.03. The highest BCUT2D eigenvalue weighted by atomic mass is 79.9. The van der Waals surface area contributed by atoms with Gasteiger partial charge in [0.05, 0.1) is 25.1 Å². The maximum Gasteiger partial charge on any atom is 0.341 e. The van der Waals surface area contributed by atoms with E-state index in [1.165, 1.54) is 22.5 Å². The van der Waals surface area contributed by atoms with Crippen LogP contribution < -0.4 is 10.0 Å². The lowest BCUT2D eigenvalue weighted by atomic mass is 10.0. The number of benzene rings is 1. The van der Waals surface area contributed by atoms with Crippen LogP contribution in [0.2, 0.25) is 5.02 Å². The summed E-state index contributed by atoms with van der Waals surface area (Å²) in [6.45, 7) is 3.91. The second-order valence-electron chi connectivity index (χ2n) is 6.10. The number of fused-ring (bicyclic) bond motifs is 1. The molecule has 0 saturated carbocycles. The number of esters is 1. The molecule has 1 unspecified atom stereocenters. The van der Waals surface area contributed by atoms with Crippen LogP contribution in [0.4, 0.5) is 5.00 Å². The molecular formula is C18H18BrClN2O3S. The number of carbonyl (C=O) groups is 1. The van der Waals surface area contributed by atoms with E-state index < -0.39 is 0 Å². The Labute approximate surface area is 169 Å². The first-order valence-corrected chi connectivity index (χ1v) is 10.2. The lowest BCUT2D eigenvalue weighted by Crippen LogP contribution is -3.08. The molecule has 1 aromatic carbocycles. The molecule has 1 N–H and O–H groups in total. The molecule has 0 fully saturated rings. The van der Waals surface area contributed by atoms with Gasteiger partial charge in [0.25, 0.3) is 0 Å². The molecule has 2 aromatic rings. The first-order chi connectivity index (χ1) is 12.4. The van der Waals surface area contributed by atoms with Crippen molar-refractivity contribution in [2.75, 3.05) is 20.2 Å². The molecule has 0 bridgehead atoms. The van der Waals surface area contributed by atoms with Crippen molar-refractivity contribution in [1.82, 2.24) is 0 Å². The summed E-state index contributed by atoms with van der Waals surface area (Å²) in [5, 5.41) is 13.2. The maximum atomic E-state index is 12.5. The van der Waals surface area contributed by atoms with Gasteiger partial charge >= 0.3 is 5.97 Å². The van der Waals surface area contributed by atoms with Crippen molar-refractivity contribution >= 4 is 56.1 Å². The van der Waals surface area contributed by atoms with Crippen molar-refractivity contribution in [2.45, 2.75) is 19.9 Å². The van der Waals surface area contributed by atoms with Crippen LogP contribution in [0.15, 0.2) is 21.6 Å². The fraction of sp³-hybridized carbons (Fsp3) is 0.333. The molecule has 3 rings (SSSR count). The Hall–Kier alpha value is -1.41. The van der Waals surface area contributed by atoms with Gasteiger partial charge in [-0.25, -0.2) is 9.79 Å². The zero-order valence-corrected chi connectivity index (χ0v) is 17.6. The van der Waals surface area contributed by atoms with Crippen LogP contribution in [0.1, 0.15) is 33.3 Å². The number of ether oxygens (including phenoxy) is 1. The molecule has 0 radical (unpaired) electrons. The van der Waals surface area contributed by atoms with E-state index in [4.69, 9.17) is 16.3 Å². The quantitative estimate of drug-likeness (QED) is 0.567. The second kappa shape index (κ2) is 8.08.